The quantitative estimate of drug-likeness (QED) is 0.236. The fourth-order valence-corrected chi connectivity index (χ4v) is 1.75. The third-order valence-electron chi connectivity index (χ3n) is 2.84. The predicted octanol–water partition coefficient (Wildman–Crippen LogP) is 3.18. The fourth-order valence-electron chi connectivity index (χ4n) is 1.75. The Morgan fingerprint density at radius 2 is 1.68 bits per heavy atom. The maximum absolute atomic E-state index is 10.5. The zero-order valence-electron chi connectivity index (χ0n) is 11.9. The molecule has 0 aliphatic heterocycles. The van der Waals surface area contributed by atoms with Crippen molar-refractivity contribution in [1.82, 2.24) is 0 Å². The van der Waals surface area contributed by atoms with E-state index in [1.54, 1.807) is 0 Å². The van der Waals surface area contributed by atoms with E-state index in [4.69, 9.17) is 26.4 Å². The summed E-state index contributed by atoms with van der Waals surface area (Å²) in [5.41, 5.74) is 24.5. The highest BCUT2D eigenvalue weighted by molar-refractivity contribution is 5.66. The first-order valence-electron chi connectivity index (χ1n) is 6.42. The zero-order valence-corrected chi connectivity index (χ0v) is 11.9. The first kappa shape index (κ1) is 19.4. The van der Waals surface area contributed by atoms with Crippen LogP contribution in [0.2, 0.25) is 0 Å². The Kier molecular flexibility index (Phi) is 10.7. The molecule has 0 unspecified atom stereocenters. The molecule has 0 heterocycles. The van der Waals surface area contributed by atoms with Crippen molar-refractivity contribution in [1.29, 1.82) is 0 Å². The van der Waals surface area contributed by atoms with E-state index in [1.807, 2.05) is 0 Å². The summed E-state index contributed by atoms with van der Waals surface area (Å²) in [5, 5.41) is 19.0. The molecule has 0 bridgehead atoms. The first-order valence-corrected chi connectivity index (χ1v) is 6.42. The monoisotopic (exact) mass is 311 g/mol. The molecule has 0 aliphatic rings. The molecule has 0 aromatic heterocycles. The number of carboxylic acids is 1. The van der Waals surface area contributed by atoms with E-state index in [-0.39, 0.29) is 39.3 Å². The van der Waals surface area contributed by atoms with Crippen LogP contribution in [0.5, 0.6) is 0 Å². The number of azide groups is 3. The van der Waals surface area contributed by atoms with Gasteiger partial charge in [0, 0.05) is 39.8 Å². The number of aliphatic carboxylic acids is 1. The largest absolute Gasteiger partial charge is 0.481 e. The zero-order chi connectivity index (χ0) is 16.7. The lowest BCUT2D eigenvalue weighted by molar-refractivity contribution is -0.138. The van der Waals surface area contributed by atoms with Crippen molar-refractivity contribution >= 4 is 5.97 Å². The van der Waals surface area contributed by atoms with Crippen LogP contribution in [0, 0.1) is 5.41 Å². The van der Waals surface area contributed by atoms with Gasteiger partial charge in [-0.1, -0.05) is 15.3 Å². The Balaban J connectivity index is 4.81. The highest BCUT2D eigenvalue weighted by Crippen LogP contribution is 2.26. The van der Waals surface area contributed by atoms with Gasteiger partial charge in [0.1, 0.15) is 0 Å². The van der Waals surface area contributed by atoms with Crippen molar-refractivity contribution in [3.05, 3.63) is 31.3 Å². The second kappa shape index (κ2) is 12.1. The number of nitrogens with zero attached hydrogens (tertiary/aromatic N) is 9. The maximum Gasteiger partial charge on any atom is 0.305 e. The molecule has 0 fully saturated rings. The van der Waals surface area contributed by atoms with Crippen molar-refractivity contribution in [2.45, 2.75) is 19.3 Å². The smallest absolute Gasteiger partial charge is 0.305 e. The van der Waals surface area contributed by atoms with Gasteiger partial charge in [0.2, 0.25) is 0 Å². The molecule has 0 aromatic carbocycles. The van der Waals surface area contributed by atoms with E-state index in [0.717, 1.165) is 0 Å². The molecular weight excluding hydrogens is 294 g/mol. The number of hydrogen-bond donors (Lipinski definition) is 1. The van der Waals surface area contributed by atoms with Gasteiger partial charge in [-0.15, -0.1) is 0 Å². The van der Waals surface area contributed by atoms with Crippen LogP contribution >= 0.6 is 0 Å². The lowest BCUT2D eigenvalue weighted by Crippen LogP contribution is -2.34. The molecule has 1 N–H and O–H groups in total. The molecule has 0 aliphatic carbocycles. The summed E-state index contributed by atoms with van der Waals surface area (Å²) in [6.45, 7) is 0.395. The van der Waals surface area contributed by atoms with Gasteiger partial charge in [-0.3, -0.25) is 4.79 Å². The van der Waals surface area contributed by atoms with Crippen LogP contribution in [0.15, 0.2) is 15.3 Å². The van der Waals surface area contributed by atoms with Gasteiger partial charge < -0.3 is 9.84 Å². The van der Waals surface area contributed by atoms with Crippen LogP contribution in [0.3, 0.4) is 0 Å². The van der Waals surface area contributed by atoms with Crippen molar-refractivity contribution in [3.63, 3.8) is 0 Å². The van der Waals surface area contributed by atoms with E-state index >= 15 is 0 Å². The van der Waals surface area contributed by atoms with Crippen molar-refractivity contribution in [3.8, 4) is 0 Å². The van der Waals surface area contributed by atoms with E-state index in [9.17, 15) is 4.79 Å². The van der Waals surface area contributed by atoms with Crippen LogP contribution in [-0.2, 0) is 9.53 Å². The predicted molar refractivity (Wildman–Crippen MR) is 76.8 cm³/mol. The lowest BCUT2D eigenvalue weighted by Gasteiger charge is -2.30. The Bertz CT molecular complexity index is 470. The van der Waals surface area contributed by atoms with Crippen LogP contribution in [0.4, 0.5) is 0 Å². The van der Waals surface area contributed by atoms with Crippen molar-refractivity contribution in [2.24, 2.45) is 20.8 Å². The average molecular weight is 311 g/mol. The van der Waals surface area contributed by atoms with Gasteiger partial charge in [-0.2, -0.15) is 0 Å². The highest BCUT2D eigenvalue weighted by atomic mass is 16.5. The van der Waals surface area contributed by atoms with Crippen LogP contribution < -0.4 is 0 Å². The minimum Gasteiger partial charge on any atom is -0.481 e. The third kappa shape index (κ3) is 9.29. The number of carbonyl (C=O) groups is 1. The van der Waals surface area contributed by atoms with Gasteiger partial charge in [0.15, 0.2) is 0 Å². The molecule has 0 rings (SSSR count). The molecule has 0 atom stereocenters. The lowest BCUT2D eigenvalue weighted by atomic mass is 9.84. The normalized spacial score (nSPS) is 12.2. The van der Waals surface area contributed by atoms with Gasteiger partial charge in [0.05, 0.1) is 19.6 Å². The SMILES string of the molecule is [N-]=[N+]=NCCCC(CN=[N+]=[N-])(CN=[N+]=[N-])COCCC(=O)O. The molecule has 0 amide bonds. The Hall–Kier alpha value is -2.64. The standard InChI is InChI=1S/C10H17N9O3/c11-17-14-4-1-3-10(6-15-18-12,7-16-19-13)8-22-5-2-9(20)21/h1-8H2,(H,20,21). The number of ether oxygens (including phenoxy) is 1. The van der Waals surface area contributed by atoms with E-state index < -0.39 is 11.4 Å². The molecule has 22 heavy (non-hydrogen) atoms. The minimum atomic E-state index is -0.987. The maximum atomic E-state index is 10.5. The molecule has 0 saturated carbocycles. The van der Waals surface area contributed by atoms with Gasteiger partial charge in [-0.25, -0.2) is 0 Å². The summed E-state index contributed by atoms with van der Waals surface area (Å²) in [7, 11) is 0. The third-order valence-corrected chi connectivity index (χ3v) is 2.84. The first-order chi connectivity index (χ1) is 10.6. The van der Waals surface area contributed by atoms with Gasteiger partial charge >= 0.3 is 5.97 Å². The van der Waals surface area contributed by atoms with E-state index in [0.29, 0.717) is 12.8 Å². The van der Waals surface area contributed by atoms with E-state index in [2.05, 4.69) is 30.1 Å². The van der Waals surface area contributed by atoms with Crippen LogP contribution in [0.1, 0.15) is 19.3 Å². The summed E-state index contributed by atoms with van der Waals surface area (Å²) in [5.74, 6) is -0.987. The molecular formula is C10H17N9O3. The molecule has 12 nitrogen and oxygen atoms in total. The Labute approximate surface area is 125 Å². The van der Waals surface area contributed by atoms with Gasteiger partial charge in [0.25, 0.3) is 0 Å². The number of carboxylic acid groups (broad SMARTS) is 1. The second-order valence-electron chi connectivity index (χ2n) is 4.53. The second-order valence-corrected chi connectivity index (χ2v) is 4.53. The molecule has 0 aromatic rings. The van der Waals surface area contributed by atoms with Crippen LogP contribution in [0.25, 0.3) is 31.3 Å². The summed E-state index contributed by atoms with van der Waals surface area (Å²) in [6.07, 6.45) is 0.781. The summed E-state index contributed by atoms with van der Waals surface area (Å²) in [4.78, 5) is 18.5. The molecule has 0 spiro atoms. The average Bonchev–Trinajstić information content (AvgIpc) is 2.51. The number of hydrogen-bond acceptors (Lipinski definition) is 5. The minimum absolute atomic E-state index is 0.0000324. The topological polar surface area (TPSA) is 193 Å². The Morgan fingerprint density at radius 1 is 1.09 bits per heavy atom. The van der Waals surface area contributed by atoms with Crippen LogP contribution in [-0.4, -0.2) is 43.9 Å². The summed E-state index contributed by atoms with van der Waals surface area (Å²) in [6, 6.07) is 0. The molecule has 0 radical (unpaired) electrons. The summed E-state index contributed by atoms with van der Waals surface area (Å²) < 4.78 is 5.31. The van der Waals surface area contributed by atoms with Gasteiger partial charge in [-0.05, 0) is 29.4 Å². The highest BCUT2D eigenvalue weighted by Gasteiger charge is 2.29. The fraction of sp³-hybridized carbons (Fsp3) is 0.900. The Morgan fingerprint density at radius 3 is 2.18 bits per heavy atom. The molecule has 12 heteroatoms. The number of rotatable bonds is 13. The summed E-state index contributed by atoms with van der Waals surface area (Å²) >= 11 is 0. The van der Waals surface area contributed by atoms with Crippen molar-refractivity contribution in [2.75, 3.05) is 32.8 Å². The molecule has 0 saturated heterocycles. The van der Waals surface area contributed by atoms with Crippen molar-refractivity contribution < 1.29 is 14.6 Å². The molecule has 120 valence electrons. The van der Waals surface area contributed by atoms with E-state index in [1.165, 1.54) is 0 Å².